The fraction of sp³-hybridized carbons (Fsp3) is 0.375. The molecule has 0 atom stereocenters. The lowest BCUT2D eigenvalue weighted by molar-refractivity contribution is -0.121. The van der Waals surface area contributed by atoms with Gasteiger partial charge >= 0.3 is 0 Å². The molecule has 3 aromatic rings. The molecule has 1 amide bonds. The summed E-state index contributed by atoms with van der Waals surface area (Å²) in [4.78, 5) is 16.9. The molecule has 156 valence electrons. The standard InChI is InChI=1S/C24H27N3O3/c1-29-20-11-9-18(10-12-20)23-26-22(30-27-23)14-13-21(28)25-17-24(15-5-6-16-24)19-7-3-2-4-8-19/h2-4,7-12H,5-6,13-17H2,1H3,(H,25,28). The van der Waals surface area contributed by atoms with Gasteiger partial charge in [0.1, 0.15) is 5.75 Å². The van der Waals surface area contributed by atoms with E-state index in [1.54, 1.807) is 7.11 Å². The molecule has 0 radical (unpaired) electrons. The van der Waals surface area contributed by atoms with E-state index in [0.29, 0.717) is 31.1 Å². The zero-order valence-corrected chi connectivity index (χ0v) is 17.3. The van der Waals surface area contributed by atoms with Crippen LogP contribution >= 0.6 is 0 Å². The lowest BCUT2D eigenvalue weighted by Crippen LogP contribution is -2.39. The van der Waals surface area contributed by atoms with Gasteiger partial charge in [-0.1, -0.05) is 48.3 Å². The van der Waals surface area contributed by atoms with Gasteiger partial charge in [-0.15, -0.1) is 0 Å². The number of rotatable bonds is 8. The maximum atomic E-state index is 12.5. The van der Waals surface area contributed by atoms with E-state index in [9.17, 15) is 4.79 Å². The summed E-state index contributed by atoms with van der Waals surface area (Å²) >= 11 is 0. The van der Waals surface area contributed by atoms with Crippen LogP contribution in [0, 0.1) is 0 Å². The molecule has 2 aromatic carbocycles. The van der Waals surface area contributed by atoms with Crippen LogP contribution in [0.3, 0.4) is 0 Å². The number of carbonyl (C=O) groups excluding carboxylic acids is 1. The van der Waals surface area contributed by atoms with Crippen molar-refractivity contribution in [1.29, 1.82) is 0 Å². The van der Waals surface area contributed by atoms with Gasteiger partial charge in [0.2, 0.25) is 17.6 Å². The molecule has 1 heterocycles. The lowest BCUT2D eigenvalue weighted by atomic mass is 9.79. The Morgan fingerprint density at radius 1 is 1.10 bits per heavy atom. The maximum absolute atomic E-state index is 12.5. The number of nitrogens with one attached hydrogen (secondary N) is 1. The monoisotopic (exact) mass is 405 g/mol. The second-order valence-corrected chi connectivity index (χ2v) is 7.87. The number of benzene rings is 2. The highest BCUT2D eigenvalue weighted by Crippen LogP contribution is 2.40. The van der Waals surface area contributed by atoms with Gasteiger partial charge in [0.05, 0.1) is 7.11 Å². The molecule has 0 aliphatic heterocycles. The summed E-state index contributed by atoms with van der Waals surface area (Å²) in [6, 6.07) is 18.0. The quantitative estimate of drug-likeness (QED) is 0.604. The smallest absolute Gasteiger partial charge is 0.227 e. The Kier molecular flexibility index (Phi) is 6.12. The van der Waals surface area contributed by atoms with Gasteiger partial charge in [-0.05, 0) is 42.7 Å². The molecule has 0 unspecified atom stereocenters. The Hall–Kier alpha value is -3.15. The molecule has 30 heavy (non-hydrogen) atoms. The number of hydrogen-bond donors (Lipinski definition) is 1. The van der Waals surface area contributed by atoms with Gasteiger partial charge in [-0.2, -0.15) is 4.98 Å². The van der Waals surface area contributed by atoms with Crippen LogP contribution in [0.15, 0.2) is 59.1 Å². The van der Waals surface area contributed by atoms with Crippen molar-refractivity contribution in [2.45, 2.75) is 43.9 Å². The van der Waals surface area contributed by atoms with E-state index in [0.717, 1.165) is 24.2 Å². The minimum Gasteiger partial charge on any atom is -0.497 e. The summed E-state index contributed by atoms with van der Waals surface area (Å²) in [6.07, 6.45) is 5.41. The first-order valence-electron chi connectivity index (χ1n) is 10.5. The van der Waals surface area contributed by atoms with Crippen LogP contribution in [0.25, 0.3) is 11.4 Å². The molecule has 1 aliphatic rings. The van der Waals surface area contributed by atoms with Gasteiger partial charge in [0, 0.05) is 30.4 Å². The molecule has 1 aliphatic carbocycles. The lowest BCUT2D eigenvalue weighted by Gasteiger charge is -2.30. The Morgan fingerprint density at radius 2 is 1.83 bits per heavy atom. The zero-order chi connectivity index (χ0) is 20.8. The topological polar surface area (TPSA) is 77.2 Å². The minimum absolute atomic E-state index is 0.0152. The predicted molar refractivity (Wildman–Crippen MR) is 114 cm³/mol. The molecule has 1 fully saturated rings. The number of amides is 1. The van der Waals surface area contributed by atoms with E-state index in [4.69, 9.17) is 9.26 Å². The maximum Gasteiger partial charge on any atom is 0.227 e. The van der Waals surface area contributed by atoms with Crippen molar-refractivity contribution in [3.63, 3.8) is 0 Å². The molecule has 1 saturated carbocycles. The zero-order valence-electron chi connectivity index (χ0n) is 17.3. The molecule has 1 N–H and O–H groups in total. The van der Waals surface area contributed by atoms with E-state index >= 15 is 0 Å². The van der Waals surface area contributed by atoms with E-state index in [-0.39, 0.29) is 11.3 Å². The fourth-order valence-electron chi connectivity index (χ4n) is 4.20. The summed E-state index contributed by atoms with van der Waals surface area (Å²) in [5.41, 5.74) is 2.23. The van der Waals surface area contributed by atoms with Crippen LogP contribution in [-0.4, -0.2) is 29.7 Å². The van der Waals surface area contributed by atoms with Crippen LogP contribution in [0.4, 0.5) is 0 Å². The van der Waals surface area contributed by atoms with Crippen LogP contribution < -0.4 is 10.1 Å². The molecule has 1 aromatic heterocycles. The minimum atomic E-state index is 0.0152. The van der Waals surface area contributed by atoms with Crippen LogP contribution in [0.5, 0.6) is 5.75 Å². The number of methoxy groups -OCH3 is 1. The molecule has 6 nitrogen and oxygen atoms in total. The molecular weight excluding hydrogens is 378 g/mol. The summed E-state index contributed by atoms with van der Waals surface area (Å²) < 4.78 is 10.5. The van der Waals surface area contributed by atoms with Gasteiger partial charge in [-0.3, -0.25) is 4.79 Å². The van der Waals surface area contributed by atoms with Crippen molar-refractivity contribution in [3.8, 4) is 17.1 Å². The predicted octanol–water partition coefficient (Wildman–Crippen LogP) is 4.31. The SMILES string of the molecule is COc1ccc(-c2noc(CCC(=O)NCC3(c4ccccc4)CCCC3)n2)cc1. The van der Waals surface area contributed by atoms with E-state index in [1.807, 2.05) is 30.3 Å². The van der Waals surface area contributed by atoms with Gasteiger partial charge in [0.15, 0.2) is 0 Å². The van der Waals surface area contributed by atoms with Gasteiger partial charge in [-0.25, -0.2) is 0 Å². The molecule has 0 spiro atoms. The number of aromatic nitrogens is 2. The number of hydrogen-bond acceptors (Lipinski definition) is 5. The van der Waals surface area contributed by atoms with Crippen molar-refractivity contribution in [2.75, 3.05) is 13.7 Å². The molecule has 4 rings (SSSR count). The van der Waals surface area contributed by atoms with Gasteiger partial charge in [0.25, 0.3) is 0 Å². The average Bonchev–Trinajstić information content (AvgIpc) is 3.48. The van der Waals surface area contributed by atoms with Crippen molar-refractivity contribution in [3.05, 3.63) is 66.1 Å². The van der Waals surface area contributed by atoms with E-state index in [2.05, 4.69) is 39.7 Å². The highest BCUT2D eigenvalue weighted by Gasteiger charge is 2.35. The summed E-state index contributed by atoms with van der Waals surface area (Å²) in [5, 5.41) is 7.16. The first-order valence-corrected chi connectivity index (χ1v) is 10.5. The second-order valence-electron chi connectivity index (χ2n) is 7.87. The first kappa shape index (κ1) is 20.1. The first-order chi connectivity index (χ1) is 14.7. The number of aryl methyl sites for hydroxylation is 1. The normalized spacial score (nSPS) is 15.1. The largest absolute Gasteiger partial charge is 0.497 e. The van der Waals surface area contributed by atoms with Crippen molar-refractivity contribution >= 4 is 5.91 Å². The van der Waals surface area contributed by atoms with Crippen LogP contribution in [0.2, 0.25) is 0 Å². The fourth-order valence-corrected chi connectivity index (χ4v) is 4.20. The molecule has 0 saturated heterocycles. The summed E-state index contributed by atoms with van der Waals surface area (Å²) in [5.74, 6) is 1.77. The Morgan fingerprint density at radius 3 is 2.53 bits per heavy atom. The van der Waals surface area contributed by atoms with Crippen molar-refractivity contribution < 1.29 is 14.1 Å². The number of ether oxygens (including phenoxy) is 1. The van der Waals surface area contributed by atoms with Crippen molar-refractivity contribution in [2.24, 2.45) is 0 Å². The van der Waals surface area contributed by atoms with Crippen LogP contribution in [-0.2, 0) is 16.6 Å². The third kappa shape index (κ3) is 4.53. The summed E-state index contributed by atoms with van der Waals surface area (Å²) in [7, 11) is 1.63. The van der Waals surface area contributed by atoms with E-state index < -0.39 is 0 Å². The Bertz CT molecular complexity index is 961. The van der Waals surface area contributed by atoms with Crippen molar-refractivity contribution in [1.82, 2.24) is 15.5 Å². The highest BCUT2D eigenvalue weighted by molar-refractivity contribution is 5.76. The highest BCUT2D eigenvalue weighted by atomic mass is 16.5. The summed E-state index contributed by atoms with van der Waals surface area (Å²) in [6.45, 7) is 0.677. The van der Waals surface area contributed by atoms with E-state index in [1.165, 1.54) is 18.4 Å². The Labute approximate surface area is 176 Å². The molecule has 6 heteroatoms. The molecular formula is C24H27N3O3. The molecule has 0 bridgehead atoms. The second kappa shape index (κ2) is 9.11. The van der Waals surface area contributed by atoms with Gasteiger partial charge < -0.3 is 14.6 Å². The van der Waals surface area contributed by atoms with Crippen LogP contribution in [0.1, 0.15) is 43.6 Å². The number of nitrogens with zero attached hydrogens (tertiary/aromatic N) is 2. The third-order valence-corrected chi connectivity index (χ3v) is 5.95. The Balaban J connectivity index is 1.31. The average molecular weight is 405 g/mol. The third-order valence-electron chi connectivity index (χ3n) is 5.95. The number of carbonyl (C=O) groups is 1.